The zero-order valence-corrected chi connectivity index (χ0v) is 12.6. The normalized spacial score (nSPS) is 11.1. The fourth-order valence-corrected chi connectivity index (χ4v) is 2.68. The van der Waals surface area contributed by atoms with Crippen LogP contribution < -0.4 is 5.32 Å². The van der Waals surface area contributed by atoms with Crippen LogP contribution in [0.5, 0.6) is 0 Å². The molecule has 0 spiro atoms. The minimum atomic E-state index is -3.13. The second-order valence-electron chi connectivity index (χ2n) is 4.94. The third kappa shape index (κ3) is 4.68. The van der Waals surface area contributed by atoms with Crippen molar-refractivity contribution in [1.82, 2.24) is 4.98 Å². The van der Waals surface area contributed by atoms with Crippen molar-refractivity contribution >= 4 is 21.6 Å². The van der Waals surface area contributed by atoms with Crippen LogP contribution in [0.1, 0.15) is 21.5 Å². The van der Waals surface area contributed by atoms with Gasteiger partial charge in [-0.25, -0.2) is 13.4 Å². The average Bonchev–Trinajstić information content (AvgIpc) is 2.37. The van der Waals surface area contributed by atoms with E-state index >= 15 is 0 Å². The maximum Gasteiger partial charge on any atom is 0.256 e. The zero-order valence-electron chi connectivity index (χ0n) is 11.8. The Labute approximate surface area is 124 Å². The first-order valence-electron chi connectivity index (χ1n) is 6.34. The molecule has 21 heavy (non-hydrogen) atoms. The highest BCUT2D eigenvalue weighted by molar-refractivity contribution is 7.89. The van der Waals surface area contributed by atoms with Crippen LogP contribution in [0.4, 0.5) is 5.82 Å². The van der Waals surface area contributed by atoms with Gasteiger partial charge in [0, 0.05) is 18.0 Å². The topological polar surface area (TPSA) is 76.1 Å². The van der Waals surface area contributed by atoms with E-state index < -0.39 is 9.84 Å². The van der Waals surface area contributed by atoms with Crippen LogP contribution in [0.3, 0.4) is 0 Å². The van der Waals surface area contributed by atoms with Gasteiger partial charge >= 0.3 is 0 Å². The number of nitrogens with one attached hydrogen (secondary N) is 1. The molecule has 1 aromatic carbocycles. The van der Waals surface area contributed by atoms with Gasteiger partial charge in [0.1, 0.15) is 5.82 Å². The van der Waals surface area contributed by atoms with Gasteiger partial charge in [0.2, 0.25) is 0 Å². The maximum absolute atomic E-state index is 12.1. The zero-order chi connectivity index (χ0) is 15.5. The molecule has 6 heteroatoms. The fraction of sp³-hybridized carbons (Fsp3) is 0.200. The molecule has 0 fully saturated rings. The lowest BCUT2D eigenvalue weighted by atomic mass is 10.1. The van der Waals surface area contributed by atoms with Gasteiger partial charge in [-0.1, -0.05) is 12.1 Å². The first kappa shape index (κ1) is 15.2. The molecule has 1 amide bonds. The summed E-state index contributed by atoms with van der Waals surface area (Å²) in [6.07, 6.45) is 2.78. The van der Waals surface area contributed by atoms with Gasteiger partial charge in [0.15, 0.2) is 9.84 Å². The molecule has 2 rings (SSSR count). The SMILES string of the molecule is Cc1ccnc(NC(=O)c2cccc(CS(C)(=O)=O)c2)c1. The lowest BCUT2D eigenvalue weighted by Crippen LogP contribution is -2.13. The Morgan fingerprint density at radius 3 is 2.67 bits per heavy atom. The van der Waals surface area contributed by atoms with Crippen LogP contribution in [-0.2, 0) is 15.6 Å². The van der Waals surface area contributed by atoms with Crippen LogP contribution in [0.15, 0.2) is 42.6 Å². The molecule has 2 aromatic rings. The Morgan fingerprint density at radius 1 is 1.24 bits per heavy atom. The van der Waals surface area contributed by atoms with E-state index in [4.69, 9.17) is 0 Å². The standard InChI is InChI=1S/C15H16N2O3S/c1-11-6-7-16-14(8-11)17-15(18)13-5-3-4-12(9-13)10-21(2,19)20/h3-9H,10H2,1-2H3,(H,16,17,18). The van der Waals surface area contributed by atoms with E-state index in [2.05, 4.69) is 10.3 Å². The highest BCUT2D eigenvalue weighted by Crippen LogP contribution is 2.12. The van der Waals surface area contributed by atoms with Gasteiger partial charge in [-0.2, -0.15) is 0 Å². The predicted octanol–water partition coefficient (Wildman–Crippen LogP) is 2.19. The van der Waals surface area contributed by atoms with Crippen LogP contribution in [-0.4, -0.2) is 25.6 Å². The number of rotatable bonds is 4. The van der Waals surface area contributed by atoms with Crippen LogP contribution in [0.25, 0.3) is 0 Å². The quantitative estimate of drug-likeness (QED) is 0.939. The molecule has 110 valence electrons. The summed E-state index contributed by atoms with van der Waals surface area (Å²) in [6, 6.07) is 10.2. The number of hydrogen-bond donors (Lipinski definition) is 1. The van der Waals surface area contributed by atoms with Crippen molar-refractivity contribution in [3.05, 3.63) is 59.3 Å². The van der Waals surface area contributed by atoms with E-state index in [0.717, 1.165) is 11.8 Å². The molecule has 0 aliphatic heterocycles. The third-order valence-electron chi connectivity index (χ3n) is 2.78. The maximum atomic E-state index is 12.1. The summed E-state index contributed by atoms with van der Waals surface area (Å²) in [6.45, 7) is 1.91. The molecule has 0 saturated carbocycles. The average molecular weight is 304 g/mol. The van der Waals surface area contributed by atoms with Crippen molar-refractivity contribution in [1.29, 1.82) is 0 Å². The van der Waals surface area contributed by atoms with Crippen molar-refractivity contribution in [2.45, 2.75) is 12.7 Å². The fourth-order valence-electron chi connectivity index (χ4n) is 1.90. The summed E-state index contributed by atoms with van der Waals surface area (Å²) in [5.41, 5.74) is 1.98. The first-order valence-corrected chi connectivity index (χ1v) is 8.40. The molecule has 0 radical (unpaired) electrons. The molecular formula is C15H16N2O3S. The van der Waals surface area contributed by atoms with Crippen LogP contribution in [0, 0.1) is 6.92 Å². The molecule has 0 aliphatic carbocycles. The van der Waals surface area contributed by atoms with Crippen molar-refractivity contribution in [2.75, 3.05) is 11.6 Å². The van der Waals surface area contributed by atoms with E-state index in [1.54, 1.807) is 36.5 Å². The number of pyridine rings is 1. The summed E-state index contributed by atoms with van der Waals surface area (Å²) in [5.74, 6) is 0.0635. The number of nitrogens with zero attached hydrogens (tertiary/aromatic N) is 1. The van der Waals surface area contributed by atoms with E-state index in [1.165, 1.54) is 0 Å². The first-order chi connectivity index (χ1) is 9.83. The summed E-state index contributed by atoms with van der Waals surface area (Å²) >= 11 is 0. The van der Waals surface area contributed by atoms with E-state index in [-0.39, 0.29) is 11.7 Å². The van der Waals surface area contributed by atoms with Gasteiger partial charge in [0.25, 0.3) is 5.91 Å². The largest absolute Gasteiger partial charge is 0.307 e. The number of sulfone groups is 1. The summed E-state index contributed by atoms with van der Waals surface area (Å²) < 4.78 is 22.6. The number of carbonyl (C=O) groups is 1. The number of aromatic nitrogens is 1. The Kier molecular flexibility index (Phi) is 4.37. The number of carbonyl (C=O) groups excluding carboxylic acids is 1. The molecule has 1 aromatic heterocycles. The van der Waals surface area contributed by atoms with Crippen molar-refractivity contribution in [2.24, 2.45) is 0 Å². The number of anilines is 1. The lowest BCUT2D eigenvalue weighted by molar-refractivity contribution is 0.102. The Hall–Kier alpha value is -2.21. The van der Waals surface area contributed by atoms with Crippen molar-refractivity contribution < 1.29 is 13.2 Å². The minimum Gasteiger partial charge on any atom is -0.307 e. The van der Waals surface area contributed by atoms with E-state index in [0.29, 0.717) is 16.9 Å². The van der Waals surface area contributed by atoms with Crippen LogP contribution in [0.2, 0.25) is 0 Å². The summed E-state index contributed by atoms with van der Waals surface area (Å²) in [4.78, 5) is 16.2. The molecule has 0 bridgehead atoms. The second-order valence-corrected chi connectivity index (χ2v) is 7.08. The minimum absolute atomic E-state index is 0.0865. The van der Waals surface area contributed by atoms with Crippen molar-refractivity contribution in [3.63, 3.8) is 0 Å². The third-order valence-corrected chi connectivity index (χ3v) is 3.63. The highest BCUT2D eigenvalue weighted by atomic mass is 32.2. The Bertz CT molecular complexity index is 770. The van der Waals surface area contributed by atoms with Gasteiger partial charge in [-0.05, 0) is 42.3 Å². The smallest absolute Gasteiger partial charge is 0.256 e. The van der Waals surface area contributed by atoms with Crippen molar-refractivity contribution in [3.8, 4) is 0 Å². The monoisotopic (exact) mass is 304 g/mol. The number of hydrogen-bond acceptors (Lipinski definition) is 4. The summed E-state index contributed by atoms with van der Waals surface area (Å²) in [5, 5.41) is 2.69. The predicted molar refractivity (Wildman–Crippen MR) is 81.9 cm³/mol. The molecule has 0 atom stereocenters. The Balaban J connectivity index is 2.18. The lowest BCUT2D eigenvalue weighted by Gasteiger charge is -2.06. The Morgan fingerprint density at radius 2 is 2.00 bits per heavy atom. The molecule has 0 aliphatic rings. The molecule has 1 heterocycles. The second kappa shape index (κ2) is 6.05. The molecule has 5 nitrogen and oxygen atoms in total. The van der Waals surface area contributed by atoms with Gasteiger partial charge in [0.05, 0.1) is 5.75 Å². The van der Waals surface area contributed by atoms with Gasteiger partial charge in [-0.15, -0.1) is 0 Å². The summed E-state index contributed by atoms with van der Waals surface area (Å²) in [7, 11) is -3.13. The molecular weight excluding hydrogens is 288 g/mol. The number of benzene rings is 1. The van der Waals surface area contributed by atoms with Gasteiger partial charge < -0.3 is 5.32 Å². The van der Waals surface area contributed by atoms with Gasteiger partial charge in [-0.3, -0.25) is 4.79 Å². The molecule has 0 unspecified atom stereocenters. The van der Waals surface area contributed by atoms with E-state index in [1.807, 2.05) is 13.0 Å². The highest BCUT2D eigenvalue weighted by Gasteiger charge is 2.10. The number of aryl methyl sites for hydroxylation is 1. The van der Waals surface area contributed by atoms with E-state index in [9.17, 15) is 13.2 Å². The number of amides is 1. The molecule has 0 saturated heterocycles. The van der Waals surface area contributed by atoms with Crippen LogP contribution >= 0.6 is 0 Å². The molecule has 1 N–H and O–H groups in total.